The number of aromatic nitrogens is 1. The summed E-state index contributed by atoms with van der Waals surface area (Å²) in [7, 11) is 0. The first-order valence-corrected chi connectivity index (χ1v) is 8.32. The zero-order valence-electron chi connectivity index (χ0n) is 12.1. The van der Waals surface area contributed by atoms with Crippen LogP contribution in [0.2, 0.25) is 5.02 Å². The van der Waals surface area contributed by atoms with Crippen molar-refractivity contribution < 1.29 is 8.91 Å². The van der Waals surface area contributed by atoms with Gasteiger partial charge in [0.15, 0.2) is 11.6 Å². The minimum Gasteiger partial charge on any atom is -0.362 e. The van der Waals surface area contributed by atoms with E-state index in [2.05, 4.69) is 15.4 Å². The molecule has 116 valence electrons. The van der Waals surface area contributed by atoms with E-state index in [1.165, 1.54) is 38.8 Å². The van der Waals surface area contributed by atoms with E-state index in [9.17, 15) is 4.39 Å². The third-order valence-corrected chi connectivity index (χ3v) is 6.10. The molecule has 1 aliphatic carbocycles. The van der Waals surface area contributed by atoms with Crippen LogP contribution in [0.1, 0.15) is 25.7 Å². The van der Waals surface area contributed by atoms with Crippen molar-refractivity contribution in [3.05, 3.63) is 23.0 Å². The van der Waals surface area contributed by atoms with E-state index in [-0.39, 0.29) is 10.6 Å². The van der Waals surface area contributed by atoms with E-state index >= 15 is 0 Å². The molecule has 3 saturated heterocycles. The predicted octanol–water partition coefficient (Wildman–Crippen LogP) is 3.66. The fraction of sp³-hybridized carbons (Fsp3) is 0.562. The molecule has 6 rings (SSSR count). The molecule has 0 unspecified atom stereocenters. The lowest BCUT2D eigenvalue weighted by Crippen LogP contribution is -2.62. The van der Waals surface area contributed by atoms with Crippen LogP contribution >= 0.6 is 11.6 Å². The second kappa shape index (κ2) is 4.36. The van der Waals surface area contributed by atoms with Crippen LogP contribution in [-0.2, 0) is 0 Å². The fourth-order valence-corrected chi connectivity index (χ4v) is 4.67. The fourth-order valence-electron chi connectivity index (χ4n) is 4.52. The van der Waals surface area contributed by atoms with Gasteiger partial charge in [0.2, 0.25) is 5.58 Å². The Morgan fingerprint density at radius 2 is 2.09 bits per heavy atom. The van der Waals surface area contributed by atoms with Crippen molar-refractivity contribution >= 4 is 28.4 Å². The smallest absolute Gasteiger partial charge is 0.206 e. The number of halogens is 2. The highest BCUT2D eigenvalue weighted by Gasteiger charge is 2.60. The summed E-state index contributed by atoms with van der Waals surface area (Å²) in [5.74, 6) is 0.793. The summed E-state index contributed by atoms with van der Waals surface area (Å²) in [5.41, 5.74) is 0.443. The normalized spacial score (nSPS) is 31.8. The van der Waals surface area contributed by atoms with E-state index in [0.29, 0.717) is 28.7 Å². The zero-order chi connectivity index (χ0) is 14.9. The summed E-state index contributed by atoms with van der Waals surface area (Å²) in [5, 5.41) is 8.38. The molecule has 4 nitrogen and oxygen atoms in total. The molecule has 1 N–H and O–H groups in total. The second-order valence-corrected chi connectivity index (χ2v) is 7.23. The quantitative estimate of drug-likeness (QED) is 0.916. The average Bonchev–Trinajstić information content (AvgIpc) is 3.21. The molecular weight excluding hydrogens is 305 g/mol. The highest BCUT2D eigenvalue weighted by atomic mass is 35.5. The van der Waals surface area contributed by atoms with Crippen LogP contribution in [0.5, 0.6) is 0 Å². The van der Waals surface area contributed by atoms with Gasteiger partial charge in [0.25, 0.3) is 0 Å². The van der Waals surface area contributed by atoms with Gasteiger partial charge in [0.1, 0.15) is 0 Å². The number of rotatable bonds is 2. The Balaban J connectivity index is 1.53. The van der Waals surface area contributed by atoms with E-state index in [1.54, 1.807) is 12.1 Å². The van der Waals surface area contributed by atoms with Gasteiger partial charge in [-0.3, -0.25) is 4.90 Å². The van der Waals surface area contributed by atoms with Gasteiger partial charge in [-0.05, 0) is 56.8 Å². The first kappa shape index (κ1) is 13.1. The summed E-state index contributed by atoms with van der Waals surface area (Å²) >= 11 is 5.81. The van der Waals surface area contributed by atoms with Crippen LogP contribution in [0.3, 0.4) is 0 Å². The molecule has 2 bridgehead atoms. The summed E-state index contributed by atoms with van der Waals surface area (Å²) in [4.78, 5) is 2.63. The minimum absolute atomic E-state index is 0.0664. The van der Waals surface area contributed by atoms with Crippen LogP contribution in [0.25, 0.3) is 11.0 Å². The molecule has 1 saturated carbocycles. The van der Waals surface area contributed by atoms with Crippen molar-refractivity contribution in [1.29, 1.82) is 0 Å². The topological polar surface area (TPSA) is 41.3 Å². The van der Waals surface area contributed by atoms with Crippen LogP contribution in [0.15, 0.2) is 16.7 Å². The van der Waals surface area contributed by atoms with Crippen LogP contribution in [0.4, 0.5) is 10.2 Å². The maximum absolute atomic E-state index is 14.0. The van der Waals surface area contributed by atoms with Gasteiger partial charge in [0.05, 0.1) is 10.4 Å². The van der Waals surface area contributed by atoms with Gasteiger partial charge in [-0.1, -0.05) is 16.8 Å². The van der Waals surface area contributed by atoms with Crippen molar-refractivity contribution in [2.75, 3.05) is 18.4 Å². The summed E-state index contributed by atoms with van der Waals surface area (Å²) < 4.78 is 19.2. The predicted molar refractivity (Wildman–Crippen MR) is 82.6 cm³/mol. The molecule has 1 aromatic carbocycles. The van der Waals surface area contributed by atoms with Crippen molar-refractivity contribution in [2.45, 2.75) is 37.3 Å². The van der Waals surface area contributed by atoms with Crippen LogP contribution in [0, 0.1) is 11.7 Å². The Hall–Kier alpha value is -1.33. The summed E-state index contributed by atoms with van der Waals surface area (Å²) in [6.45, 7) is 2.43. The van der Waals surface area contributed by atoms with Gasteiger partial charge in [-0.25, -0.2) is 4.39 Å². The van der Waals surface area contributed by atoms with Gasteiger partial charge in [-0.2, -0.15) is 0 Å². The molecule has 22 heavy (non-hydrogen) atoms. The maximum atomic E-state index is 14.0. The molecule has 0 radical (unpaired) electrons. The lowest BCUT2D eigenvalue weighted by atomic mass is 9.77. The Labute approximate surface area is 132 Å². The molecule has 1 atom stereocenters. The van der Waals surface area contributed by atoms with Crippen LogP contribution < -0.4 is 5.32 Å². The molecule has 4 fully saturated rings. The second-order valence-electron chi connectivity index (χ2n) is 6.82. The highest BCUT2D eigenvalue weighted by molar-refractivity contribution is 6.31. The molecule has 0 amide bonds. The third-order valence-electron chi connectivity index (χ3n) is 5.81. The maximum Gasteiger partial charge on any atom is 0.206 e. The SMILES string of the molecule is Fc1c(Cl)ccc2c(N[C@@H]3C4CCN(CC4)C34CC4)noc12. The van der Waals surface area contributed by atoms with E-state index in [0.717, 1.165) is 0 Å². The van der Waals surface area contributed by atoms with Gasteiger partial charge in [0, 0.05) is 11.6 Å². The number of anilines is 1. The standard InChI is InChI=1S/C16H17ClFN3O/c17-11-2-1-10-13(12(11)18)22-20-15(10)19-14-9-3-7-21(8-4-9)16(14)5-6-16/h1-2,9,14H,3-8H2,(H,19,20)/t14-/m1/s1. The number of fused-ring (bicyclic) bond motifs is 3. The third kappa shape index (κ3) is 1.64. The van der Waals surface area contributed by atoms with Crippen molar-refractivity contribution in [1.82, 2.24) is 10.1 Å². The molecule has 1 spiro atoms. The Bertz CT molecular complexity index is 749. The van der Waals surface area contributed by atoms with Crippen molar-refractivity contribution in [3.63, 3.8) is 0 Å². The minimum atomic E-state index is -0.533. The molecule has 1 aromatic heterocycles. The lowest BCUT2D eigenvalue weighted by molar-refractivity contribution is 0.0202. The van der Waals surface area contributed by atoms with Crippen molar-refractivity contribution in [3.8, 4) is 0 Å². The van der Waals surface area contributed by atoms with E-state index in [1.807, 2.05) is 0 Å². The van der Waals surface area contributed by atoms with Gasteiger partial charge in [-0.15, -0.1) is 0 Å². The number of benzene rings is 1. The average molecular weight is 322 g/mol. The number of hydrogen-bond donors (Lipinski definition) is 1. The summed E-state index contributed by atoms with van der Waals surface area (Å²) in [6.07, 6.45) is 4.96. The van der Waals surface area contributed by atoms with Gasteiger partial charge >= 0.3 is 0 Å². The van der Waals surface area contributed by atoms with E-state index in [4.69, 9.17) is 16.1 Å². The number of piperidine rings is 3. The first-order chi connectivity index (χ1) is 10.7. The number of hydrogen-bond acceptors (Lipinski definition) is 4. The Kier molecular flexibility index (Phi) is 2.60. The first-order valence-electron chi connectivity index (χ1n) is 7.94. The Morgan fingerprint density at radius 3 is 2.82 bits per heavy atom. The largest absolute Gasteiger partial charge is 0.362 e. The van der Waals surface area contributed by atoms with Crippen molar-refractivity contribution in [2.24, 2.45) is 5.92 Å². The number of nitrogens with zero attached hydrogens (tertiary/aromatic N) is 2. The van der Waals surface area contributed by atoms with Gasteiger partial charge < -0.3 is 9.84 Å². The number of nitrogens with one attached hydrogen (secondary N) is 1. The molecular formula is C16H17ClFN3O. The molecule has 3 aliphatic heterocycles. The zero-order valence-corrected chi connectivity index (χ0v) is 12.9. The molecule has 2 aromatic rings. The van der Waals surface area contributed by atoms with Crippen LogP contribution in [-0.4, -0.2) is 34.7 Å². The van der Waals surface area contributed by atoms with E-state index < -0.39 is 5.82 Å². The molecule has 4 heterocycles. The molecule has 4 aliphatic rings. The summed E-state index contributed by atoms with van der Waals surface area (Å²) in [6, 6.07) is 3.73. The molecule has 6 heteroatoms. The lowest BCUT2D eigenvalue weighted by Gasteiger charge is -2.52. The Morgan fingerprint density at radius 1 is 1.32 bits per heavy atom. The monoisotopic (exact) mass is 321 g/mol. The highest BCUT2D eigenvalue weighted by Crippen LogP contribution is 2.54.